The molecular formula is C26H51N3O6P+. The molecule has 0 atom stereocenters. The van der Waals surface area contributed by atoms with Gasteiger partial charge in [-0.25, -0.2) is 9.36 Å². The van der Waals surface area contributed by atoms with E-state index in [0.717, 1.165) is 24.9 Å². The Morgan fingerprint density at radius 1 is 0.944 bits per heavy atom. The SMILES string of the molecule is CCCCCCCCCCCN(CCO)C(=O)NCc1ccccc1.C[N+](C)(C)CCOP(=O)(O)O. The van der Waals surface area contributed by atoms with Gasteiger partial charge in [0.1, 0.15) is 13.2 Å². The predicted octanol–water partition coefficient (Wildman–Crippen LogP) is 4.52. The van der Waals surface area contributed by atoms with Gasteiger partial charge in [-0.2, -0.15) is 0 Å². The normalized spacial score (nSPS) is 11.5. The molecule has 0 fully saturated rings. The van der Waals surface area contributed by atoms with Crippen molar-refractivity contribution in [2.75, 3.05) is 54.0 Å². The van der Waals surface area contributed by atoms with Crippen LogP contribution in [0.25, 0.3) is 0 Å². The molecule has 0 saturated carbocycles. The van der Waals surface area contributed by atoms with Crippen molar-refractivity contribution >= 4 is 13.9 Å². The number of aliphatic hydroxyl groups excluding tert-OH is 1. The van der Waals surface area contributed by atoms with Crippen molar-refractivity contribution < 1.29 is 33.3 Å². The van der Waals surface area contributed by atoms with E-state index >= 15 is 0 Å². The first kappa shape index (κ1) is 34.5. The van der Waals surface area contributed by atoms with Crippen molar-refractivity contribution in [2.24, 2.45) is 0 Å². The van der Waals surface area contributed by atoms with Crippen molar-refractivity contribution in [3.05, 3.63) is 35.9 Å². The summed E-state index contributed by atoms with van der Waals surface area (Å²) in [4.78, 5) is 30.6. The number of likely N-dealkylation sites (N-methyl/N-ethyl adjacent to an activating group) is 1. The Kier molecular flexibility index (Phi) is 19.7. The van der Waals surface area contributed by atoms with Crippen LogP contribution in [0.4, 0.5) is 4.79 Å². The number of quaternary nitrogens is 1. The molecular weight excluding hydrogens is 481 g/mol. The maximum atomic E-state index is 12.3. The number of amides is 2. The lowest BCUT2D eigenvalue weighted by Crippen LogP contribution is -2.41. The Hall–Kier alpha value is -1.48. The summed E-state index contributed by atoms with van der Waals surface area (Å²) in [6, 6.07) is 9.81. The highest BCUT2D eigenvalue weighted by molar-refractivity contribution is 7.46. The van der Waals surface area contributed by atoms with Crippen molar-refractivity contribution in [3.63, 3.8) is 0 Å². The van der Waals surface area contributed by atoms with E-state index in [-0.39, 0.29) is 19.2 Å². The van der Waals surface area contributed by atoms with Gasteiger partial charge in [-0.3, -0.25) is 4.52 Å². The zero-order valence-corrected chi connectivity index (χ0v) is 23.8. The largest absolute Gasteiger partial charge is 0.469 e. The summed E-state index contributed by atoms with van der Waals surface area (Å²) in [5.74, 6) is 0. The van der Waals surface area contributed by atoms with Gasteiger partial charge >= 0.3 is 13.9 Å². The van der Waals surface area contributed by atoms with E-state index in [4.69, 9.17) is 9.79 Å². The highest BCUT2D eigenvalue weighted by Crippen LogP contribution is 2.35. The highest BCUT2D eigenvalue weighted by atomic mass is 31.2. The number of rotatable bonds is 18. The van der Waals surface area contributed by atoms with Crippen LogP contribution in [-0.4, -0.2) is 84.3 Å². The minimum atomic E-state index is -4.26. The van der Waals surface area contributed by atoms with E-state index in [1.165, 1.54) is 44.9 Å². The summed E-state index contributed by atoms with van der Waals surface area (Å²) < 4.78 is 15.1. The summed E-state index contributed by atoms with van der Waals surface area (Å²) in [5.41, 5.74) is 1.09. The Bertz CT molecular complexity index is 709. The molecule has 36 heavy (non-hydrogen) atoms. The van der Waals surface area contributed by atoms with Gasteiger partial charge < -0.3 is 29.6 Å². The molecule has 210 valence electrons. The van der Waals surface area contributed by atoms with Crippen LogP contribution in [0.15, 0.2) is 30.3 Å². The second kappa shape index (κ2) is 20.6. The molecule has 1 aromatic rings. The first-order chi connectivity index (χ1) is 17.0. The molecule has 4 N–H and O–H groups in total. The Labute approximate surface area is 218 Å². The first-order valence-corrected chi connectivity index (χ1v) is 14.7. The summed E-state index contributed by atoms with van der Waals surface area (Å²) in [7, 11) is 1.50. The van der Waals surface area contributed by atoms with E-state index in [1.807, 2.05) is 51.5 Å². The number of nitrogens with one attached hydrogen (secondary N) is 1. The molecule has 1 aromatic carbocycles. The van der Waals surface area contributed by atoms with Crippen LogP contribution in [0.1, 0.15) is 70.3 Å². The number of phosphoric acid groups is 1. The monoisotopic (exact) mass is 532 g/mol. The first-order valence-electron chi connectivity index (χ1n) is 13.2. The lowest BCUT2D eigenvalue weighted by atomic mass is 10.1. The minimum Gasteiger partial charge on any atom is -0.395 e. The number of benzene rings is 1. The highest BCUT2D eigenvalue weighted by Gasteiger charge is 2.16. The zero-order chi connectivity index (χ0) is 27.3. The standard InChI is InChI=1S/C21H36N2O2.C5H14NO4P/c1-2-3-4-5-6-7-8-9-13-16-23(17-18-24)21(25)22-19-20-14-11-10-12-15-20;1-6(2,3)4-5-10-11(7,8)9/h10-12,14-15,24H,2-9,13,16-19H2,1H3,(H,22,25);4-5H2,1-3H3,(H-,7,8,9)/p+1. The van der Waals surface area contributed by atoms with E-state index < -0.39 is 7.82 Å². The fourth-order valence-corrected chi connectivity index (χ4v) is 3.69. The van der Waals surface area contributed by atoms with Crippen molar-refractivity contribution in [1.29, 1.82) is 0 Å². The number of phosphoric ester groups is 1. The van der Waals surface area contributed by atoms with Crippen LogP contribution in [0.3, 0.4) is 0 Å². The van der Waals surface area contributed by atoms with Crippen LogP contribution >= 0.6 is 7.82 Å². The van der Waals surface area contributed by atoms with Crippen LogP contribution in [-0.2, 0) is 15.6 Å². The fraction of sp³-hybridized carbons (Fsp3) is 0.731. The summed E-state index contributed by atoms with van der Waals surface area (Å²) >= 11 is 0. The van der Waals surface area contributed by atoms with Gasteiger partial charge in [0.25, 0.3) is 0 Å². The number of urea groups is 1. The van der Waals surface area contributed by atoms with Gasteiger partial charge in [0.15, 0.2) is 0 Å². The number of unbranched alkanes of at least 4 members (excludes halogenated alkanes) is 8. The third-order valence-corrected chi connectivity index (χ3v) is 6.02. The van der Waals surface area contributed by atoms with Crippen LogP contribution in [0, 0.1) is 0 Å². The van der Waals surface area contributed by atoms with Gasteiger partial charge in [0.05, 0.1) is 27.7 Å². The van der Waals surface area contributed by atoms with Crippen molar-refractivity contribution in [1.82, 2.24) is 10.2 Å². The predicted molar refractivity (Wildman–Crippen MR) is 145 cm³/mol. The van der Waals surface area contributed by atoms with Crippen LogP contribution < -0.4 is 5.32 Å². The number of carbonyl (C=O) groups excluding carboxylic acids is 1. The fourth-order valence-electron chi connectivity index (χ4n) is 3.37. The molecule has 0 radical (unpaired) electrons. The molecule has 0 aliphatic carbocycles. The summed E-state index contributed by atoms with van der Waals surface area (Å²) in [5, 5.41) is 12.1. The van der Waals surface area contributed by atoms with Crippen molar-refractivity contribution in [2.45, 2.75) is 71.3 Å². The second-order valence-electron chi connectivity index (χ2n) is 10.0. The molecule has 0 aliphatic rings. The van der Waals surface area contributed by atoms with Crippen LogP contribution in [0.2, 0.25) is 0 Å². The quantitative estimate of drug-likeness (QED) is 0.125. The second-order valence-corrected chi connectivity index (χ2v) is 11.3. The number of nitrogens with zero attached hydrogens (tertiary/aromatic N) is 2. The van der Waals surface area contributed by atoms with Gasteiger partial charge in [-0.05, 0) is 12.0 Å². The van der Waals surface area contributed by atoms with Crippen LogP contribution in [0.5, 0.6) is 0 Å². The summed E-state index contributed by atoms with van der Waals surface area (Å²) in [6.07, 6.45) is 11.4. The van der Waals surface area contributed by atoms with Gasteiger partial charge in [0, 0.05) is 19.6 Å². The van der Waals surface area contributed by atoms with Crippen molar-refractivity contribution in [3.8, 4) is 0 Å². The lowest BCUT2D eigenvalue weighted by Gasteiger charge is -2.23. The molecule has 2 amide bonds. The molecule has 0 saturated heterocycles. The van der Waals surface area contributed by atoms with Gasteiger partial charge in [0.2, 0.25) is 0 Å². The number of aliphatic hydroxyl groups is 1. The summed E-state index contributed by atoms with van der Waals surface area (Å²) in [6.45, 7) is 4.55. The maximum absolute atomic E-state index is 12.3. The van der Waals surface area contributed by atoms with Gasteiger partial charge in [-0.1, -0.05) is 88.6 Å². The van der Waals surface area contributed by atoms with Gasteiger partial charge in [-0.15, -0.1) is 0 Å². The average Bonchev–Trinajstić information content (AvgIpc) is 2.80. The molecule has 0 spiro atoms. The van der Waals surface area contributed by atoms with E-state index in [0.29, 0.717) is 24.1 Å². The molecule has 0 bridgehead atoms. The molecule has 9 nitrogen and oxygen atoms in total. The smallest absolute Gasteiger partial charge is 0.395 e. The molecule has 10 heteroatoms. The average molecular weight is 533 g/mol. The number of carbonyl (C=O) groups is 1. The lowest BCUT2D eigenvalue weighted by molar-refractivity contribution is -0.870. The Balaban J connectivity index is 0.000000935. The number of hydrogen-bond acceptors (Lipinski definition) is 4. The van der Waals surface area contributed by atoms with E-state index in [2.05, 4.69) is 16.8 Å². The maximum Gasteiger partial charge on any atom is 0.469 e. The zero-order valence-electron chi connectivity index (χ0n) is 22.9. The molecule has 1 rings (SSSR count). The van der Waals surface area contributed by atoms with E-state index in [9.17, 15) is 14.5 Å². The molecule has 0 aliphatic heterocycles. The third-order valence-electron chi connectivity index (χ3n) is 5.50. The minimum absolute atomic E-state index is 0.0101. The Morgan fingerprint density at radius 2 is 1.50 bits per heavy atom. The Morgan fingerprint density at radius 3 is 2.00 bits per heavy atom. The molecule has 0 unspecified atom stereocenters. The van der Waals surface area contributed by atoms with E-state index in [1.54, 1.807) is 4.90 Å². The molecule has 0 heterocycles. The topological polar surface area (TPSA) is 119 Å². The third kappa shape index (κ3) is 23.0. The molecule has 0 aromatic heterocycles. The number of hydrogen-bond donors (Lipinski definition) is 4.